The van der Waals surface area contributed by atoms with Crippen molar-refractivity contribution in [2.45, 2.75) is 26.8 Å². The molecule has 5 heterocycles. The number of fused-ring (bicyclic) bond motifs is 2. The summed E-state index contributed by atoms with van der Waals surface area (Å²) in [7, 11) is 4.25. The molecular weight excluding hydrogens is 544 g/mol. The summed E-state index contributed by atoms with van der Waals surface area (Å²) in [4.78, 5) is 22.5. The number of likely N-dealkylation sites (N-methyl/N-ethyl adjacent to an activating group) is 1. The van der Waals surface area contributed by atoms with E-state index in [1.54, 1.807) is 23.2 Å². The molecule has 0 unspecified atom stereocenters. The Labute approximate surface area is 249 Å². The van der Waals surface area contributed by atoms with Crippen molar-refractivity contribution >= 4 is 39.4 Å². The van der Waals surface area contributed by atoms with Crippen molar-refractivity contribution < 1.29 is 9.47 Å². The molecule has 1 saturated heterocycles. The van der Waals surface area contributed by atoms with Gasteiger partial charge in [0.25, 0.3) is 0 Å². The summed E-state index contributed by atoms with van der Waals surface area (Å²) < 4.78 is 13.7. The van der Waals surface area contributed by atoms with Crippen LogP contribution in [-0.4, -0.2) is 74.3 Å². The number of hydrogen-bond donors (Lipinski definition) is 2. The quantitative estimate of drug-likeness (QED) is 0.260. The number of nitrogens with zero attached hydrogens (tertiary/aromatic N) is 8. The van der Waals surface area contributed by atoms with Gasteiger partial charge in [-0.25, -0.2) is 24.5 Å². The second-order valence-electron chi connectivity index (χ2n) is 12.0. The van der Waals surface area contributed by atoms with Crippen LogP contribution in [0.3, 0.4) is 0 Å². The van der Waals surface area contributed by atoms with E-state index in [9.17, 15) is 0 Å². The van der Waals surface area contributed by atoms with Crippen molar-refractivity contribution in [3.8, 4) is 11.6 Å². The fraction of sp³-hybridized carbons (Fsp3) is 0.323. The number of ether oxygens (including phenoxy) is 2. The van der Waals surface area contributed by atoms with Gasteiger partial charge in [0.2, 0.25) is 5.88 Å². The first-order valence-corrected chi connectivity index (χ1v) is 14.3. The third-order valence-corrected chi connectivity index (χ3v) is 7.86. The van der Waals surface area contributed by atoms with Gasteiger partial charge < -0.3 is 29.9 Å². The number of aromatic nitrogens is 6. The second kappa shape index (κ2) is 10.4. The molecule has 0 aliphatic carbocycles. The highest BCUT2D eigenvalue weighted by molar-refractivity contribution is 6.06. The summed E-state index contributed by atoms with van der Waals surface area (Å²) in [5, 5.41) is 12.1. The Morgan fingerprint density at radius 2 is 1.86 bits per heavy atom. The summed E-state index contributed by atoms with van der Waals surface area (Å²) in [6, 6.07) is 12.3. The van der Waals surface area contributed by atoms with Crippen molar-refractivity contribution in [1.82, 2.24) is 34.4 Å². The lowest BCUT2D eigenvalue weighted by Gasteiger charge is -2.45. The van der Waals surface area contributed by atoms with Crippen LogP contribution in [0.4, 0.5) is 22.9 Å². The van der Waals surface area contributed by atoms with Crippen LogP contribution in [0.15, 0.2) is 67.3 Å². The molecule has 1 fully saturated rings. The number of rotatable bonds is 8. The van der Waals surface area contributed by atoms with Gasteiger partial charge in [-0.3, -0.25) is 0 Å². The molecule has 0 atom stereocenters. The van der Waals surface area contributed by atoms with E-state index in [1.165, 1.54) is 6.33 Å². The first-order valence-electron chi connectivity index (χ1n) is 14.3. The van der Waals surface area contributed by atoms with Crippen LogP contribution < -0.4 is 20.3 Å². The Bertz CT molecular complexity index is 1860. The molecule has 2 aliphatic heterocycles. The zero-order chi connectivity index (χ0) is 29.7. The molecule has 2 aromatic carbocycles. The van der Waals surface area contributed by atoms with Crippen molar-refractivity contribution in [2.24, 2.45) is 5.41 Å². The number of aryl methyl sites for hydroxylation is 1. The molecule has 5 aromatic rings. The fourth-order valence-corrected chi connectivity index (χ4v) is 5.39. The Morgan fingerprint density at radius 3 is 2.63 bits per heavy atom. The van der Waals surface area contributed by atoms with E-state index in [0.717, 1.165) is 58.3 Å². The van der Waals surface area contributed by atoms with Crippen LogP contribution in [0, 0.1) is 12.3 Å². The van der Waals surface area contributed by atoms with Crippen molar-refractivity contribution in [2.75, 3.05) is 49.3 Å². The maximum atomic E-state index is 6.08. The lowest BCUT2D eigenvalue weighted by Crippen LogP contribution is -2.57. The van der Waals surface area contributed by atoms with Gasteiger partial charge in [-0.2, -0.15) is 5.10 Å². The van der Waals surface area contributed by atoms with E-state index in [2.05, 4.69) is 80.6 Å². The number of nitrogens with one attached hydrogen (secondary N) is 2. The molecule has 0 amide bonds. The molecule has 12 nitrogen and oxygen atoms in total. The van der Waals surface area contributed by atoms with E-state index in [4.69, 9.17) is 14.5 Å². The Balaban J connectivity index is 1.22. The van der Waals surface area contributed by atoms with Crippen LogP contribution in [0.25, 0.3) is 16.6 Å². The van der Waals surface area contributed by atoms with Gasteiger partial charge in [0.15, 0.2) is 11.5 Å². The molecule has 2 N–H and O–H groups in total. The van der Waals surface area contributed by atoms with Crippen LogP contribution >= 0.6 is 0 Å². The van der Waals surface area contributed by atoms with Crippen LogP contribution in [0.1, 0.15) is 19.4 Å². The SMILES string of the molecule is Cc1cc(Nc2ncnc3ccc(NC4=CC(C)(C)CO4)c(N4CC(N(C)C)C4)c23)ccc1Oc1cc2ncnn2cn1. The predicted octanol–water partition coefficient (Wildman–Crippen LogP) is 4.97. The van der Waals surface area contributed by atoms with Gasteiger partial charge in [0.05, 0.1) is 28.9 Å². The first-order chi connectivity index (χ1) is 20.7. The van der Waals surface area contributed by atoms with E-state index < -0.39 is 0 Å². The number of hydrogen-bond acceptors (Lipinski definition) is 11. The third kappa shape index (κ3) is 5.25. The Hall–Kier alpha value is -4.97. The Morgan fingerprint density at radius 1 is 1.00 bits per heavy atom. The molecule has 12 heteroatoms. The third-order valence-electron chi connectivity index (χ3n) is 7.86. The minimum absolute atomic E-state index is 0.0189. The molecule has 0 radical (unpaired) electrons. The molecule has 43 heavy (non-hydrogen) atoms. The van der Waals surface area contributed by atoms with E-state index in [1.807, 2.05) is 31.2 Å². The monoisotopic (exact) mass is 578 g/mol. The van der Waals surface area contributed by atoms with Gasteiger partial charge in [0, 0.05) is 36.3 Å². The maximum Gasteiger partial charge on any atom is 0.224 e. The molecule has 2 aliphatic rings. The largest absolute Gasteiger partial charge is 0.478 e. The highest BCUT2D eigenvalue weighted by Gasteiger charge is 2.33. The second-order valence-corrected chi connectivity index (χ2v) is 12.0. The summed E-state index contributed by atoms with van der Waals surface area (Å²) in [5.74, 6) is 2.65. The fourth-order valence-electron chi connectivity index (χ4n) is 5.39. The topological polar surface area (TPSA) is 118 Å². The van der Waals surface area contributed by atoms with Crippen molar-refractivity contribution in [3.05, 3.63) is 72.9 Å². The minimum atomic E-state index is -0.0189. The first kappa shape index (κ1) is 26.9. The summed E-state index contributed by atoms with van der Waals surface area (Å²) in [6.07, 6.45) is 6.81. The van der Waals surface area contributed by atoms with Gasteiger partial charge in [0.1, 0.15) is 30.5 Å². The summed E-state index contributed by atoms with van der Waals surface area (Å²) in [5.41, 5.74) is 5.35. The number of anilines is 4. The van der Waals surface area contributed by atoms with Gasteiger partial charge >= 0.3 is 0 Å². The minimum Gasteiger partial charge on any atom is -0.478 e. The highest BCUT2D eigenvalue weighted by atomic mass is 16.5. The maximum absolute atomic E-state index is 6.08. The summed E-state index contributed by atoms with van der Waals surface area (Å²) in [6.45, 7) is 8.78. The van der Waals surface area contributed by atoms with Gasteiger partial charge in [-0.15, -0.1) is 0 Å². The normalized spacial score (nSPS) is 16.3. The molecular formula is C31H34N10O2. The highest BCUT2D eigenvalue weighted by Crippen LogP contribution is 2.42. The van der Waals surface area contributed by atoms with Gasteiger partial charge in [-0.1, -0.05) is 13.8 Å². The van der Waals surface area contributed by atoms with E-state index >= 15 is 0 Å². The molecule has 0 saturated carbocycles. The van der Waals surface area contributed by atoms with E-state index in [-0.39, 0.29) is 5.41 Å². The molecule has 3 aromatic heterocycles. The zero-order valence-electron chi connectivity index (χ0n) is 24.9. The molecule has 0 bridgehead atoms. The van der Waals surface area contributed by atoms with Crippen LogP contribution in [0.2, 0.25) is 0 Å². The smallest absolute Gasteiger partial charge is 0.224 e. The zero-order valence-corrected chi connectivity index (χ0v) is 24.9. The van der Waals surface area contributed by atoms with Crippen LogP contribution in [0.5, 0.6) is 11.6 Å². The van der Waals surface area contributed by atoms with E-state index in [0.29, 0.717) is 29.9 Å². The van der Waals surface area contributed by atoms with Crippen molar-refractivity contribution in [1.29, 1.82) is 0 Å². The van der Waals surface area contributed by atoms with Gasteiger partial charge in [-0.05, 0) is 63.0 Å². The van der Waals surface area contributed by atoms with Crippen molar-refractivity contribution in [3.63, 3.8) is 0 Å². The lowest BCUT2D eigenvalue weighted by atomic mass is 9.96. The molecule has 0 spiro atoms. The standard InChI is InChI=1S/C31H34N10O2/c1-19-10-20(6-9-24(19)43-26-11-25-33-17-36-41(25)18-35-26)37-30-28-22(32-16-34-30)7-8-23(38-27-12-31(2,3)15-42-27)29(28)40-13-21(14-40)39(4)5/h6-12,16-18,21,38H,13-15H2,1-5H3,(H,32,34,37). The number of benzene rings is 2. The Kier molecular flexibility index (Phi) is 6.50. The molecule has 220 valence electrons. The molecule has 7 rings (SSSR count). The predicted molar refractivity (Wildman–Crippen MR) is 166 cm³/mol. The average Bonchev–Trinajstić information content (AvgIpc) is 3.55. The summed E-state index contributed by atoms with van der Waals surface area (Å²) >= 11 is 0. The lowest BCUT2D eigenvalue weighted by molar-refractivity contribution is 0.189. The van der Waals surface area contributed by atoms with Crippen LogP contribution in [-0.2, 0) is 4.74 Å². The average molecular weight is 579 g/mol.